The molecule has 0 bridgehead atoms. The Balaban J connectivity index is 2.07. The van der Waals surface area contributed by atoms with E-state index >= 15 is 0 Å². The first kappa shape index (κ1) is 19.5. The van der Waals surface area contributed by atoms with E-state index in [1.807, 2.05) is 0 Å². The van der Waals surface area contributed by atoms with Gasteiger partial charge in [0.05, 0.1) is 12.4 Å². The number of hydrogen-bond donors (Lipinski definition) is 0. The smallest absolute Gasteiger partial charge is 0.383 e. The van der Waals surface area contributed by atoms with Gasteiger partial charge in [-0.25, -0.2) is 0 Å². The lowest BCUT2D eigenvalue weighted by atomic mass is 10.2. The van der Waals surface area contributed by atoms with Crippen molar-refractivity contribution >= 4 is 17.5 Å². The van der Waals surface area contributed by atoms with Gasteiger partial charge in [0.15, 0.2) is 10.9 Å². The molecule has 0 aliphatic rings. The second-order valence-corrected chi connectivity index (χ2v) is 6.44. The third-order valence-corrected chi connectivity index (χ3v) is 4.64. The molecule has 0 amide bonds. The molecule has 2 rings (SSSR count). The monoisotopic (exact) mass is 376 g/mol. The van der Waals surface area contributed by atoms with E-state index in [0.717, 1.165) is 4.57 Å². The van der Waals surface area contributed by atoms with Gasteiger partial charge in [-0.3, -0.25) is 4.79 Å². The Bertz CT molecular complexity index is 740. The first-order chi connectivity index (χ1) is 11.7. The first-order valence-electron chi connectivity index (χ1n) is 7.49. The Morgan fingerprint density at radius 3 is 2.72 bits per heavy atom. The summed E-state index contributed by atoms with van der Waals surface area (Å²) in [6.07, 6.45) is -2.79. The molecule has 25 heavy (non-hydrogen) atoms. The summed E-state index contributed by atoms with van der Waals surface area (Å²) >= 11 is 1.20. The van der Waals surface area contributed by atoms with Crippen molar-refractivity contribution in [3.05, 3.63) is 29.3 Å². The summed E-state index contributed by atoms with van der Waals surface area (Å²) in [5, 5.41) is 8.30. The van der Waals surface area contributed by atoms with E-state index in [1.165, 1.54) is 24.8 Å². The minimum Gasteiger partial charge on any atom is -0.383 e. The van der Waals surface area contributed by atoms with Crippen LogP contribution >= 0.6 is 11.8 Å². The topological polar surface area (TPSA) is 61.9 Å². The van der Waals surface area contributed by atoms with Gasteiger partial charge in [-0.1, -0.05) is 11.8 Å². The van der Waals surface area contributed by atoms with Crippen molar-refractivity contribution in [2.45, 2.75) is 38.3 Å². The van der Waals surface area contributed by atoms with Crippen molar-refractivity contribution < 1.29 is 22.7 Å². The molecule has 0 N–H and O–H groups in total. The zero-order valence-corrected chi connectivity index (χ0v) is 14.9. The van der Waals surface area contributed by atoms with Gasteiger partial charge in [0.1, 0.15) is 12.9 Å². The Labute approximate surface area is 147 Å². The van der Waals surface area contributed by atoms with Gasteiger partial charge in [-0.05, 0) is 19.9 Å². The highest BCUT2D eigenvalue weighted by Gasteiger charge is 2.30. The number of alkyl halides is 3. The molecule has 2 heterocycles. The molecule has 2 aromatic heterocycles. The Morgan fingerprint density at radius 1 is 1.36 bits per heavy atom. The van der Waals surface area contributed by atoms with Crippen LogP contribution in [0.25, 0.3) is 0 Å². The molecule has 0 aliphatic heterocycles. The number of thioether (sulfide) groups is 1. The molecule has 138 valence electrons. The highest BCUT2D eigenvalue weighted by atomic mass is 32.2. The number of aromatic nitrogens is 4. The maximum atomic E-state index is 12.7. The van der Waals surface area contributed by atoms with Crippen LogP contribution < -0.4 is 0 Å². The van der Waals surface area contributed by atoms with Crippen molar-refractivity contribution in [1.82, 2.24) is 19.3 Å². The van der Waals surface area contributed by atoms with Crippen LogP contribution in [0.4, 0.5) is 13.2 Å². The highest BCUT2D eigenvalue weighted by Crippen LogP contribution is 2.25. The molecule has 0 atom stereocenters. The number of nitrogens with zero attached hydrogens (tertiary/aromatic N) is 4. The van der Waals surface area contributed by atoms with Crippen molar-refractivity contribution in [3.8, 4) is 0 Å². The summed E-state index contributed by atoms with van der Waals surface area (Å²) in [5.41, 5.74) is 1.03. The number of carbonyl (C=O) groups is 1. The van der Waals surface area contributed by atoms with Gasteiger partial charge in [0.25, 0.3) is 0 Å². The number of hydrogen-bond acceptors (Lipinski definition) is 5. The van der Waals surface area contributed by atoms with Crippen molar-refractivity contribution in [2.75, 3.05) is 19.5 Å². The van der Waals surface area contributed by atoms with Crippen LogP contribution in [-0.4, -0.2) is 50.8 Å². The molecule has 0 aromatic carbocycles. The lowest BCUT2D eigenvalue weighted by Gasteiger charge is -2.12. The predicted molar refractivity (Wildman–Crippen MR) is 86.9 cm³/mol. The summed E-state index contributed by atoms with van der Waals surface area (Å²) in [7, 11) is 1.58. The third kappa shape index (κ3) is 5.08. The first-order valence-corrected chi connectivity index (χ1v) is 8.47. The van der Waals surface area contributed by atoms with E-state index in [-0.39, 0.29) is 11.5 Å². The van der Waals surface area contributed by atoms with Crippen molar-refractivity contribution in [2.24, 2.45) is 0 Å². The summed E-state index contributed by atoms with van der Waals surface area (Å²) < 4.78 is 45.8. The lowest BCUT2D eigenvalue weighted by molar-refractivity contribution is -0.141. The quantitative estimate of drug-likeness (QED) is 0.524. The second-order valence-electron chi connectivity index (χ2n) is 5.50. The summed E-state index contributed by atoms with van der Waals surface area (Å²) in [6, 6.07) is 1.50. The van der Waals surface area contributed by atoms with Crippen LogP contribution in [0.15, 0.2) is 17.6 Å². The number of methoxy groups -OCH3 is 1. The standard InChI is InChI=1S/C15H19F3N4O2S/c1-10-6-12(11(2)22(10)8-15(16,17)18)13(23)7-25-14-20-19-9-21(14)4-5-24-3/h6,9H,4-5,7-8H2,1-3H3. The van der Waals surface area contributed by atoms with Gasteiger partial charge in [0.2, 0.25) is 0 Å². The maximum absolute atomic E-state index is 12.7. The van der Waals surface area contributed by atoms with Crippen molar-refractivity contribution in [1.29, 1.82) is 0 Å². The molecule has 0 saturated heterocycles. The SMILES string of the molecule is COCCn1cnnc1SCC(=O)c1cc(C)n(CC(F)(F)F)c1C. The molecule has 0 spiro atoms. The number of carbonyl (C=O) groups excluding carboxylic acids is 1. The lowest BCUT2D eigenvalue weighted by Crippen LogP contribution is -2.19. The average Bonchev–Trinajstić information content (AvgIpc) is 3.08. The van der Waals surface area contributed by atoms with Gasteiger partial charge in [-0.15, -0.1) is 10.2 Å². The fraction of sp³-hybridized carbons (Fsp3) is 0.533. The number of ketones is 1. The van der Waals surface area contributed by atoms with Gasteiger partial charge in [0, 0.05) is 30.6 Å². The summed E-state index contributed by atoms with van der Waals surface area (Å²) in [6.45, 7) is 3.02. The van der Waals surface area contributed by atoms with Gasteiger partial charge in [-0.2, -0.15) is 13.2 Å². The molecule has 0 aliphatic carbocycles. The van der Waals surface area contributed by atoms with E-state index in [2.05, 4.69) is 10.2 Å². The van der Waals surface area contributed by atoms with Crippen LogP contribution in [0.1, 0.15) is 21.7 Å². The average molecular weight is 376 g/mol. The predicted octanol–water partition coefficient (Wildman–Crippen LogP) is 2.88. The number of ether oxygens (including phenoxy) is 1. The summed E-state index contributed by atoms with van der Waals surface area (Å²) in [4.78, 5) is 12.4. The van der Waals surface area contributed by atoms with Crippen LogP contribution in [0.3, 0.4) is 0 Å². The van der Waals surface area contributed by atoms with E-state index in [4.69, 9.17) is 4.74 Å². The second kappa shape index (κ2) is 8.05. The van der Waals surface area contributed by atoms with E-state index in [1.54, 1.807) is 24.9 Å². The minimum atomic E-state index is -4.33. The van der Waals surface area contributed by atoms with E-state index in [9.17, 15) is 18.0 Å². The highest BCUT2D eigenvalue weighted by molar-refractivity contribution is 7.99. The fourth-order valence-corrected chi connectivity index (χ4v) is 3.24. The maximum Gasteiger partial charge on any atom is 0.406 e. The van der Waals surface area contributed by atoms with Crippen LogP contribution in [0.2, 0.25) is 0 Å². The third-order valence-electron chi connectivity index (χ3n) is 3.66. The molecule has 0 radical (unpaired) electrons. The zero-order valence-electron chi connectivity index (χ0n) is 14.1. The molecule has 2 aromatic rings. The molecular weight excluding hydrogens is 357 g/mol. The van der Waals surface area contributed by atoms with Crippen LogP contribution in [-0.2, 0) is 17.8 Å². The van der Waals surface area contributed by atoms with Crippen LogP contribution in [0, 0.1) is 13.8 Å². The van der Waals surface area contributed by atoms with E-state index < -0.39 is 12.7 Å². The normalized spacial score (nSPS) is 11.9. The van der Waals surface area contributed by atoms with Crippen molar-refractivity contribution in [3.63, 3.8) is 0 Å². The Hall–Kier alpha value is -1.81. The largest absolute Gasteiger partial charge is 0.406 e. The molecular formula is C15H19F3N4O2S. The fourth-order valence-electron chi connectivity index (χ4n) is 2.41. The number of aryl methyl sites for hydroxylation is 1. The number of Topliss-reactive ketones (excluding diaryl/α,β-unsaturated/α-hetero) is 1. The van der Waals surface area contributed by atoms with Crippen LogP contribution in [0.5, 0.6) is 0 Å². The zero-order chi connectivity index (χ0) is 18.6. The number of halogens is 3. The molecule has 0 unspecified atom stereocenters. The van der Waals surface area contributed by atoms with E-state index in [0.29, 0.717) is 35.3 Å². The number of rotatable bonds is 8. The Kier molecular flexibility index (Phi) is 6.28. The summed E-state index contributed by atoms with van der Waals surface area (Å²) in [5.74, 6) is -0.171. The van der Waals surface area contributed by atoms with Gasteiger partial charge < -0.3 is 13.9 Å². The molecule has 0 fully saturated rings. The Morgan fingerprint density at radius 2 is 2.08 bits per heavy atom. The molecule has 10 heteroatoms. The molecule has 0 saturated carbocycles. The minimum absolute atomic E-state index is 0.0714. The molecule has 6 nitrogen and oxygen atoms in total. The van der Waals surface area contributed by atoms with Gasteiger partial charge >= 0.3 is 6.18 Å².